The minimum Gasteiger partial charge on any atom is -0.497 e. The molecule has 8 heteroatoms. The summed E-state index contributed by atoms with van der Waals surface area (Å²) in [6.07, 6.45) is 0. The lowest BCUT2D eigenvalue weighted by molar-refractivity contribution is -0.113. The van der Waals surface area contributed by atoms with Crippen molar-refractivity contribution in [1.29, 1.82) is 0 Å². The van der Waals surface area contributed by atoms with Crippen LogP contribution in [0, 0.1) is 0 Å². The lowest BCUT2D eigenvalue weighted by Crippen LogP contribution is -2.16. The van der Waals surface area contributed by atoms with E-state index in [2.05, 4.69) is 15.5 Å². The van der Waals surface area contributed by atoms with Gasteiger partial charge in [0.15, 0.2) is 5.82 Å². The molecule has 1 aromatic heterocycles. The van der Waals surface area contributed by atoms with Crippen molar-refractivity contribution in [2.24, 2.45) is 0 Å². The van der Waals surface area contributed by atoms with E-state index in [1.165, 1.54) is 16.4 Å². The zero-order valence-electron chi connectivity index (χ0n) is 13.5. The standard InChI is InChI=1S/C17H17N5O2S/c1-24-14-9-5-8-13(10-14)19-15(23)11-25-17-21-20-16(22(17)18)12-6-3-2-4-7-12/h2-10H,11,18H2,1H3,(H,19,23). The normalized spacial score (nSPS) is 10.4. The Kier molecular flexibility index (Phi) is 5.20. The van der Waals surface area contributed by atoms with Crippen LogP contribution in [0.5, 0.6) is 5.75 Å². The summed E-state index contributed by atoms with van der Waals surface area (Å²) in [5, 5.41) is 11.4. The number of carbonyl (C=O) groups is 1. The first-order chi connectivity index (χ1) is 12.2. The van der Waals surface area contributed by atoms with Crippen LogP contribution in [0.4, 0.5) is 5.69 Å². The SMILES string of the molecule is COc1cccc(NC(=O)CSc2nnc(-c3ccccc3)n2N)c1. The third kappa shape index (κ3) is 4.10. The molecule has 0 atom stereocenters. The van der Waals surface area contributed by atoms with Gasteiger partial charge in [-0.15, -0.1) is 10.2 Å². The molecule has 7 nitrogen and oxygen atoms in total. The highest BCUT2D eigenvalue weighted by molar-refractivity contribution is 7.99. The summed E-state index contributed by atoms with van der Waals surface area (Å²) >= 11 is 1.22. The summed E-state index contributed by atoms with van der Waals surface area (Å²) in [6, 6.07) is 16.7. The molecule has 0 aliphatic carbocycles. The number of benzene rings is 2. The Morgan fingerprint density at radius 2 is 2.00 bits per heavy atom. The second kappa shape index (κ2) is 7.71. The molecule has 0 aliphatic heterocycles. The highest BCUT2D eigenvalue weighted by atomic mass is 32.2. The third-order valence-electron chi connectivity index (χ3n) is 3.38. The summed E-state index contributed by atoms with van der Waals surface area (Å²) in [5.74, 6) is 7.27. The molecule has 0 unspecified atom stereocenters. The Labute approximate surface area is 149 Å². The van der Waals surface area contributed by atoms with Crippen molar-refractivity contribution in [3.63, 3.8) is 0 Å². The van der Waals surface area contributed by atoms with Gasteiger partial charge < -0.3 is 15.9 Å². The summed E-state index contributed by atoms with van der Waals surface area (Å²) in [7, 11) is 1.58. The molecule has 128 valence electrons. The second-order valence-corrected chi connectivity index (χ2v) is 6.05. The van der Waals surface area contributed by atoms with Crippen LogP contribution in [0.25, 0.3) is 11.4 Å². The monoisotopic (exact) mass is 355 g/mol. The van der Waals surface area contributed by atoms with Gasteiger partial charge in [0.25, 0.3) is 0 Å². The van der Waals surface area contributed by atoms with Crippen molar-refractivity contribution in [3.05, 3.63) is 54.6 Å². The molecule has 1 amide bonds. The van der Waals surface area contributed by atoms with Crippen LogP contribution in [0.3, 0.4) is 0 Å². The number of aromatic nitrogens is 3. The number of nitrogens with zero attached hydrogens (tertiary/aromatic N) is 3. The maximum Gasteiger partial charge on any atom is 0.234 e. The predicted octanol–water partition coefficient (Wildman–Crippen LogP) is 2.40. The number of hydrogen-bond donors (Lipinski definition) is 2. The van der Waals surface area contributed by atoms with E-state index in [4.69, 9.17) is 10.6 Å². The molecule has 0 bridgehead atoms. The molecule has 3 rings (SSSR count). The average molecular weight is 355 g/mol. The molecule has 0 saturated heterocycles. The number of hydrogen-bond acceptors (Lipinski definition) is 6. The molecule has 1 heterocycles. The van der Waals surface area contributed by atoms with Gasteiger partial charge in [0.05, 0.1) is 12.9 Å². The van der Waals surface area contributed by atoms with Crippen molar-refractivity contribution in [3.8, 4) is 17.1 Å². The number of nitrogens with one attached hydrogen (secondary N) is 1. The van der Waals surface area contributed by atoms with Gasteiger partial charge in [0.1, 0.15) is 5.75 Å². The Morgan fingerprint density at radius 3 is 2.76 bits per heavy atom. The van der Waals surface area contributed by atoms with E-state index in [1.807, 2.05) is 42.5 Å². The zero-order valence-corrected chi connectivity index (χ0v) is 14.4. The summed E-state index contributed by atoms with van der Waals surface area (Å²) < 4.78 is 6.52. The van der Waals surface area contributed by atoms with Crippen molar-refractivity contribution in [1.82, 2.24) is 14.9 Å². The fourth-order valence-corrected chi connectivity index (χ4v) is 2.84. The van der Waals surface area contributed by atoms with Crippen LogP contribution in [-0.2, 0) is 4.79 Å². The first-order valence-corrected chi connectivity index (χ1v) is 8.48. The maximum absolute atomic E-state index is 12.1. The molecule has 3 aromatic rings. The van der Waals surface area contributed by atoms with E-state index in [9.17, 15) is 4.79 Å². The van der Waals surface area contributed by atoms with Gasteiger partial charge in [-0.25, -0.2) is 4.68 Å². The van der Waals surface area contributed by atoms with Crippen molar-refractivity contribution < 1.29 is 9.53 Å². The van der Waals surface area contributed by atoms with E-state index in [-0.39, 0.29) is 11.7 Å². The number of rotatable bonds is 6. The third-order valence-corrected chi connectivity index (χ3v) is 4.33. The van der Waals surface area contributed by atoms with Gasteiger partial charge in [-0.05, 0) is 12.1 Å². The van der Waals surface area contributed by atoms with Gasteiger partial charge in [0.2, 0.25) is 11.1 Å². The van der Waals surface area contributed by atoms with Crippen LogP contribution >= 0.6 is 11.8 Å². The molecule has 25 heavy (non-hydrogen) atoms. The van der Waals surface area contributed by atoms with Crippen molar-refractivity contribution in [2.75, 3.05) is 24.0 Å². The molecule has 0 aliphatic rings. The van der Waals surface area contributed by atoms with Gasteiger partial charge >= 0.3 is 0 Å². The van der Waals surface area contributed by atoms with Gasteiger partial charge in [-0.3, -0.25) is 4.79 Å². The fraction of sp³-hybridized carbons (Fsp3) is 0.118. The van der Waals surface area contributed by atoms with Crippen molar-refractivity contribution >= 4 is 23.4 Å². The highest BCUT2D eigenvalue weighted by Gasteiger charge is 2.13. The summed E-state index contributed by atoms with van der Waals surface area (Å²) in [4.78, 5) is 12.1. The largest absolute Gasteiger partial charge is 0.497 e. The quantitative estimate of drug-likeness (QED) is 0.521. The Balaban J connectivity index is 1.62. The van der Waals surface area contributed by atoms with Gasteiger partial charge in [-0.1, -0.05) is 48.2 Å². The van der Waals surface area contributed by atoms with E-state index >= 15 is 0 Å². The van der Waals surface area contributed by atoms with Crippen LogP contribution in [-0.4, -0.2) is 33.6 Å². The Morgan fingerprint density at radius 1 is 1.20 bits per heavy atom. The maximum atomic E-state index is 12.1. The Hall–Kier alpha value is -3.00. The number of nitrogen functional groups attached to an aromatic ring is 1. The second-order valence-electron chi connectivity index (χ2n) is 5.11. The van der Waals surface area contributed by atoms with Gasteiger partial charge in [0, 0.05) is 17.3 Å². The first-order valence-electron chi connectivity index (χ1n) is 7.50. The number of anilines is 1. The molecule has 0 fully saturated rings. The topological polar surface area (TPSA) is 95.1 Å². The van der Waals surface area contributed by atoms with Gasteiger partial charge in [-0.2, -0.15) is 0 Å². The number of ether oxygens (including phenoxy) is 1. The first kappa shape index (κ1) is 16.8. The number of thioether (sulfide) groups is 1. The lowest BCUT2D eigenvalue weighted by atomic mass is 10.2. The van der Waals surface area contributed by atoms with Crippen LogP contribution in [0.15, 0.2) is 59.8 Å². The van der Waals surface area contributed by atoms with E-state index in [1.54, 1.807) is 19.2 Å². The molecule has 0 spiro atoms. The van der Waals surface area contributed by atoms with E-state index in [0.717, 1.165) is 5.56 Å². The molecular formula is C17H17N5O2S. The molecule has 0 saturated carbocycles. The lowest BCUT2D eigenvalue weighted by Gasteiger charge is -2.07. The molecular weight excluding hydrogens is 338 g/mol. The van der Waals surface area contributed by atoms with E-state index in [0.29, 0.717) is 22.4 Å². The number of methoxy groups -OCH3 is 1. The minimum atomic E-state index is -0.164. The van der Waals surface area contributed by atoms with Crippen LogP contribution < -0.4 is 15.9 Å². The van der Waals surface area contributed by atoms with Crippen LogP contribution in [0.1, 0.15) is 0 Å². The summed E-state index contributed by atoms with van der Waals surface area (Å²) in [6.45, 7) is 0. The average Bonchev–Trinajstić information content (AvgIpc) is 3.01. The molecule has 3 N–H and O–H groups in total. The summed E-state index contributed by atoms with van der Waals surface area (Å²) in [5.41, 5.74) is 1.54. The molecule has 0 radical (unpaired) electrons. The fourth-order valence-electron chi connectivity index (χ4n) is 2.19. The highest BCUT2D eigenvalue weighted by Crippen LogP contribution is 2.22. The van der Waals surface area contributed by atoms with Crippen LogP contribution in [0.2, 0.25) is 0 Å². The number of nitrogens with two attached hydrogens (primary N) is 1. The van der Waals surface area contributed by atoms with Crippen molar-refractivity contribution in [2.45, 2.75) is 5.16 Å². The van der Waals surface area contributed by atoms with E-state index < -0.39 is 0 Å². The molecule has 2 aromatic carbocycles. The minimum absolute atomic E-state index is 0.164. The number of carbonyl (C=O) groups excluding carboxylic acids is 1. The predicted molar refractivity (Wildman–Crippen MR) is 98.0 cm³/mol. The number of amides is 1. The smallest absolute Gasteiger partial charge is 0.234 e. The zero-order chi connectivity index (χ0) is 17.6. The Bertz CT molecular complexity index is 866.